The first-order valence-electron chi connectivity index (χ1n) is 7.28. The Balaban J connectivity index is 1.87. The lowest BCUT2D eigenvalue weighted by atomic mass is 9.88. The number of nitrogens with one attached hydrogen (secondary N) is 1. The molecule has 1 N–H and O–H groups in total. The molecule has 21 heavy (non-hydrogen) atoms. The van der Waals surface area contributed by atoms with Gasteiger partial charge in [-0.15, -0.1) is 0 Å². The highest BCUT2D eigenvalue weighted by Crippen LogP contribution is 2.42. The van der Waals surface area contributed by atoms with Crippen LogP contribution in [-0.4, -0.2) is 36.1 Å². The normalized spacial score (nSPS) is 28.4. The number of hydrogen-bond donors (Lipinski definition) is 1. The van der Waals surface area contributed by atoms with Gasteiger partial charge in [-0.05, 0) is 26.0 Å². The number of ether oxygens (including phenoxy) is 1. The topological polar surface area (TPSA) is 58.5 Å². The van der Waals surface area contributed by atoms with Gasteiger partial charge in [0.05, 0.1) is 12.6 Å². The van der Waals surface area contributed by atoms with Crippen LogP contribution in [0.1, 0.15) is 24.3 Å². The number of fused-ring (bicyclic) bond motifs is 3. The molecule has 0 amide bonds. The van der Waals surface area contributed by atoms with Gasteiger partial charge in [0.25, 0.3) is 0 Å². The summed E-state index contributed by atoms with van der Waals surface area (Å²) in [5.41, 5.74) is 2.38. The molecule has 5 heteroatoms. The van der Waals surface area contributed by atoms with Crippen molar-refractivity contribution in [2.75, 3.05) is 14.2 Å². The fraction of sp³-hybridized carbons (Fsp3) is 0.438. The standard InChI is InChI=1S/C16H18N2O3/c1-18-9-3-5-10(13(18)6-4-9)11-7-12-15(8-14(11)20-2)21-16(19)17-12/h3,5,7-10,13H,4,6H2,1-2H3,(H,17,19). The minimum absolute atomic E-state index is 0.284. The molecule has 2 aliphatic rings. The monoisotopic (exact) mass is 286 g/mol. The number of oxazole rings is 1. The first-order chi connectivity index (χ1) is 10.2. The van der Waals surface area contributed by atoms with Gasteiger partial charge in [0, 0.05) is 29.6 Å². The van der Waals surface area contributed by atoms with Crippen LogP contribution in [0.15, 0.2) is 33.5 Å². The van der Waals surface area contributed by atoms with Gasteiger partial charge >= 0.3 is 5.76 Å². The van der Waals surface area contributed by atoms with Crippen LogP contribution in [0.25, 0.3) is 11.1 Å². The zero-order valence-electron chi connectivity index (χ0n) is 12.1. The Kier molecular flexibility index (Phi) is 2.72. The molecule has 2 aliphatic heterocycles. The van der Waals surface area contributed by atoms with E-state index in [4.69, 9.17) is 9.15 Å². The number of likely N-dealkylation sites (N-methyl/N-ethyl adjacent to an activating group) is 1. The molecular formula is C16H18N2O3. The summed E-state index contributed by atoms with van der Waals surface area (Å²) in [5, 5.41) is 0. The van der Waals surface area contributed by atoms with Crippen LogP contribution in [0.2, 0.25) is 0 Å². The maximum Gasteiger partial charge on any atom is 0.417 e. The number of aromatic amines is 1. The van der Waals surface area contributed by atoms with E-state index in [1.165, 1.54) is 12.8 Å². The summed E-state index contributed by atoms with van der Waals surface area (Å²) in [5.74, 6) is 0.631. The third-order valence-electron chi connectivity index (χ3n) is 4.89. The Morgan fingerprint density at radius 1 is 1.33 bits per heavy atom. The third-order valence-corrected chi connectivity index (χ3v) is 4.89. The highest BCUT2D eigenvalue weighted by atomic mass is 16.5. The van der Waals surface area contributed by atoms with Gasteiger partial charge < -0.3 is 9.15 Å². The van der Waals surface area contributed by atoms with Crippen molar-refractivity contribution in [1.29, 1.82) is 0 Å². The summed E-state index contributed by atoms with van der Waals surface area (Å²) in [6, 6.07) is 4.84. The van der Waals surface area contributed by atoms with Gasteiger partial charge in [-0.2, -0.15) is 0 Å². The van der Waals surface area contributed by atoms with Crippen molar-refractivity contribution < 1.29 is 9.15 Å². The van der Waals surface area contributed by atoms with Crippen molar-refractivity contribution in [2.24, 2.45) is 0 Å². The first-order valence-corrected chi connectivity index (χ1v) is 7.28. The highest BCUT2D eigenvalue weighted by molar-refractivity contribution is 5.76. The lowest BCUT2D eigenvalue weighted by molar-refractivity contribution is 0.239. The molecule has 0 saturated carbocycles. The van der Waals surface area contributed by atoms with E-state index in [0.29, 0.717) is 17.7 Å². The summed E-state index contributed by atoms with van der Waals surface area (Å²) >= 11 is 0. The summed E-state index contributed by atoms with van der Waals surface area (Å²) in [6.07, 6.45) is 6.96. The number of benzene rings is 1. The number of nitrogens with zero attached hydrogens (tertiary/aromatic N) is 1. The molecule has 4 rings (SSSR count). The number of H-pyrrole nitrogens is 1. The molecule has 2 bridgehead atoms. The summed E-state index contributed by atoms with van der Waals surface area (Å²) < 4.78 is 10.6. The second-order valence-corrected chi connectivity index (χ2v) is 5.89. The van der Waals surface area contributed by atoms with Gasteiger partial charge in [-0.3, -0.25) is 9.88 Å². The van der Waals surface area contributed by atoms with E-state index < -0.39 is 5.76 Å². The van der Waals surface area contributed by atoms with Crippen LogP contribution in [0.5, 0.6) is 5.75 Å². The summed E-state index contributed by atoms with van der Waals surface area (Å²) in [6.45, 7) is 0. The van der Waals surface area contributed by atoms with Gasteiger partial charge in [-0.25, -0.2) is 4.79 Å². The van der Waals surface area contributed by atoms with Crippen molar-refractivity contribution >= 4 is 11.1 Å². The zero-order chi connectivity index (χ0) is 14.6. The predicted octanol–water partition coefficient (Wildman–Crippen LogP) is 2.25. The number of rotatable bonds is 2. The van der Waals surface area contributed by atoms with E-state index in [2.05, 4.69) is 29.1 Å². The van der Waals surface area contributed by atoms with Crippen molar-refractivity contribution in [3.63, 3.8) is 0 Å². The van der Waals surface area contributed by atoms with E-state index in [0.717, 1.165) is 16.8 Å². The minimum Gasteiger partial charge on any atom is -0.496 e. The van der Waals surface area contributed by atoms with Crippen molar-refractivity contribution in [2.45, 2.75) is 30.8 Å². The molecular weight excluding hydrogens is 268 g/mol. The van der Waals surface area contributed by atoms with Crippen molar-refractivity contribution in [3.8, 4) is 5.75 Å². The summed E-state index contributed by atoms with van der Waals surface area (Å²) in [4.78, 5) is 16.5. The van der Waals surface area contributed by atoms with Gasteiger partial charge in [0.2, 0.25) is 0 Å². The largest absolute Gasteiger partial charge is 0.496 e. The first kappa shape index (κ1) is 12.7. The molecule has 1 aromatic carbocycles. The number of hydrogen-bond acceptors (Lipinski definition) is 4. The molecule has 3 atom stereocenters. The molecule has 3 heterocycles. The van der Waals surface area contributed by atoms with Crippen LogP contribution in [0.4, 0.5) is 0 Å². The van der Waals surface area contributed by atoms with Gasteiger partial charge in [-0.1, -0.05) is 12.2 Å². The van der Waals surface area contributed by atoms with E-state index in [1.54, 1.807) is 13.2 Å². The van der Waals surface area contributed by atoms with Crippen LogP contribution in [0.3, 0.4) is 0 Å². The maximum atomic E-state index is 11.4. The van der Waals surface area contributed by atoms with Crippen molar-refractivity contribution in [1.82, 2.24) is 9.88 Å². The van der Waals surface area contributed by atoms with Crippen LogP contribution < -0.4 is 10.5 Å². The lowest BCUT2D eigenvalue weighted by Gasteiger charge is -2.34. The Bertz CT molecular complexity index is 773. The molecule has 5 nitrogen and oxygen atoms in total. The molecule has 1 fully saturated rings. The second-order valence-electron chi connectivity index (χ2n) is 5.89. The molecule has 1 saturated heterocycles. The Hall–Kier alpha value is -2.01. The number of methoxy groups -OCH3 is 1. The van der Waals surface area contributed by atoms with Gasteiger partial charge in [0.1, 0.15) is 5.75 Å². The molecule has 0 aliphatic carbocycles. The highest BCUT2D eigenvalue weighted by Gasteiger charge is 2.38. The van der Waals surface area contributed by atoms with E-state index in [1.807, 2.05) is 6.07 Å². The quantitative estimate of drug-likeness (QED) is 0.860. The Labute approximate surface area is 122 Å². The average molecular weight is 286 g/mol. The van der Waals surface area contributed by atoms with Gasteiger partial charge in [0.15, 0.2) is 5.58 Å². The summed E-state index contributed by atoms with van der Waals surface area (Å²) in [7, 11) is 3.84. The fourth-order valence-corrected chi connectivity index (χ4v) is 3.78. The molecule has 1 aromatic heterocycles. The molecule has 3 unspecified atom stereocenters. The fourth-order valence-electron chi connectivity index (χ4n) is 3.78. The Morgan fingerprint density at radius 3 is 3.00 bits per heavy atom. The molecule has 110 valence electrons. The smallest absolute Gasteiger partial charge is 0.417 e. The van der Waals surface area contributed by atoms with Crippen LogP contribution in [0, 0.1) is 0 Å². The van der Waals surface area contributed by atoms with Crippen molar-refractivity contribution in [3.05, 3.63) is 40.4 Å². The molecule has 0 spiro atoms. The predicted molar refractivity (Wildman–Crippen MR) is 79.8 cm³/mol. The van der Waals surface area contributed by atoms with Crippen LogP contribution >= 0.6 is 0 Å². The number of aromatic nitrogens is 1. The van der Waals surface area contributed by atoms with Crippen LogP contribution in [-0.2, 0) is 0 Å². The zero-order valence-corrected chi connectivity index (χ0v) is 12.1. The third kappa shape index (κ3) is 1.84. The molecule has 2 aromatic rings. The second kappa shape index (κ2) is 4.49. The maximum absolute atomic E-state index is 11.4. The van der Waals surface area contributed by atoms with E-state index >= 15 is 0 Å². The van der Waals surface area contributed by atoms with E-state index in [9.17, 15) is 4.79 Å². The SMILES string of the molecule is COc1cc2oc(=O)[nH]c2cc1C1C=CC2CCC1N2C. The molecule has 0 radical (unpaired) electrons. The minimum atomic E-state index is -0.429. The average Bonchev–Trinajstić information content (AvgIpc) is 2.92. The Morgan fingerprint density at radius 2 is 2.19 bits per heavy atom. The van der Waals surface area contributed by atoms with E-state index in [-0.39, 0.29) is 5.92 Å². The lowest BCUT2D eigenvalue weighted by Crippen LogP contribution is -2.38.